The molecule has 0 aliphatic carbocycles. The third-order valence-corrected chi connectivity index (χ3v) is 4.46. The van der Waals surface area contributed by atoms with Gasteiger partial charge in [-0.25, -0.2) is 0 Å². The van der Waals surface area contributed by atoms with Crippen molar-refractivity contribution in [2.24, 2.45) is 0 Å². The Morgan fingerprint density at radius 2 is 0.931 bits per heavy atom. The van der Waals surface area contributed by atoms with Crippen LogP contribution < -0.4 is 0 Å². The van der Waals surface area contributed by atoms with Crippen LogP contribution in [0.3, 0.4) is 0 Å². The lowest BCUT2D eigenvalue weighted by atomic mass is 9.95. The molecule has 0 saturated carbocycles. The van der Waals surface area contributed by atoms with Gasteiger partial charge in [-0.2, -0.15) is 0 Å². The Hall–Kier alpha value is -2.16. The summed E-state index contributed by atoms with van der Waals surface area (Å²) in [7, 11) is 6.34. The van der Waals surface area contributed by atoms with Crippen LogP contribution >= 0.6 is 0 Å². The largest absolute Gasteiger partial charge is 0.507 e. The number of hydrogen-bond donors (Lipinski definition) is 2. The molecule has 0 saturated heterocycles. The molecule has 0 unspecified atom stereocenters. The predicted octanol–water partition coefficient (Wildman–Crippen LogP) is 3.37. The first-order chi connectivity index (χ1) is 14.0. The maximum absolute atomic E-state index is 10.6. The Morgan fingerprint density at radius 3 is 1.28 bits per heavy atom. The summed E-state index contributed by atoms with van der Waals surface area (Å²) in [6.45, 7) is 1.95. The molecule has 0 radical (unpaired) electrons. The first-order valence-corrected chi connectivity index (χ1v) is 9.29. The molecular formula is C22H30O7. The fourth-order valence-electron chi connectivity index (χ4n) is 3.08. The quantitative estimate of drug-likeness (QED) is 0.523. The average molecular weight is 406 g/mol. The second kappa shape index (κ2) is 11.7. The van der Waals surface area contributed by atoms with E-state index in [0.717, 1.165) is 11.1 Å². The molecule has 2 aromatic carbocycles. The zero-order valence-electron chi connectivity index (χ0n) is 17.5. The normalized spacial score (nSPS) is 11.2. The molecule has 2 aromatic rings. The van der Waals surface area contributed by atoms with E-state index in [2.05, 4.69) is 0 Å². The molecule has 0 spiro atoms. The van der Waals surface area contributed by atoms with Crippen LogP contribution in [0, 0.1) is 0 Å². The van der Waals surface area contributed by atoms with Gasteiger partial charge in [0.1, 0.15) is 11.5 Å². The molecule has 0 aliphatic rings. The Morgan fingerprint density at radius 1 is 0.552 bits per heavy atom. The van der Waals surface area contributed by atoms with E-state index in [1.807, 2.05) is 24.3 Å². The van der Waals surface area contributed by atoms with Gasteiger partial charge in [0.15, 0.2) is 0 Å². The number of aromatic hydroxyl groups is 2. The summed E-state index contributed by atoms with van der Waals surface area (Å²) < 4.78 is 26.3. The Bertz CT molecular complexity index is 762. The number of ether oxygens (including phenoxy) is 5. The van der Waals surface area contributed by atoms with Crippen molar-refractivity contribution in [1.29, 1.82) is 0 Å². The van der Waals surface area contributed by atoms with E-state index in [1.165, 1.54) is 0 Å². The first-order valence-electron chi connectivity index (χ1n) is 9.29. The van der Waals surface area contributed by atoms with Gasteiger partial charge >= 0.3 is 0 Å². The van der Waals surface area contributed by atoms with Crippen LogP contribution in [-0.4, -0.2) is 51.9 Å². The molecule has 160 valence electrons. The molecule has 2 rings (SSSR count). The van der Waals surface area contributed by atoms with Gasteiger partial charge < -0.3 is 33.9 Å². The van der Waals surface area contributed by atoms with E-state index < -0.39 is 0 Å². The molecule has 7 nitrogen and oxygen atoms in total. The Labute approximate surface area is 171 Å². The first kappa shape index (κ1) is 23.1. The van der Waals surface area contributed by atoms with Gasteiger partial charge in [-0.3, -0.25) is 0 Å². The van der Waals surface area contributed by atoms with E-state index in [9.17, 15) is 10.2 Å². The Balaban J connectivity index is 2.49. The van der Waals surface area contributed by atoms with Crippen molar-refractivity contribution in [3.8, 4) is 22.6 Å². The fraction of sp³-hybridized carbons (Fsp3) is 0.455. The zero-order chi connectivity index (χ0) is 21.2. The molecule has 29 heavy (non-hydrogen) atoms. The highest BCUT2D eigenvalue weighted by atomic mass is 16.5. The van der Waals surface area contributed by atoms with E-state index in [-0.39, 0.29) is 37.9 Å². The summed E-state index contributed by atoms with van der Waals surface area (Å²) in [5.74, 6) is 0.317. The number of phenolic OH excluding ortho intramolecular Hbond substituents is 2. The van der Waals surface area contributed by atoms with Crippen molar-refractivity contribution in [1.82, 2.24) is 0 Å². The Kier molecular flexibility index (Phi) is 9.37. The molecule has 0 aliphatic heterocycles. The number of methoxy groups -OCH3 is 4. The zero-order valence-corrected chi connectivity index (χ0v) is 17.5. The summed E-state index contributed by atoms with van der Waals surface area (Å²) in [4.78, 5) is 0. The lowest BCUT2D eigenvalue weighted by Crippen LogP contribution is -2.03. The SMILES string of the molecule is COCCOCc1cc(-c2cc(COC)c(O)c(COC)c2)cc(COC)c1O. The van der Waals surface area contributed by atoms with Gasteiger partial charge in [-0.1, -0.05) is 0 Å². The number of benzene rings is 2. The van der Waals surface area contributed by atoms with Gasteiger partial charge in [0.2, 0.25) is 0 Å². The molecule has 7 heteroatoms. The molecule has 0 bridgehead atoms. The summed E-state index contributed by atoms with van der Waals surface area (Å²) in [5, 5.41) is 21.1. The van der Waals surface area contributed by atoms with Crippen molar-refractivity contribution in [3.63, 3.8) is 0 Å². The molecule has 0 fully saturated rings. The highest BCUT2D eigenvalue weighted by molar-refractivity contribution is 5.70. The molecular weight excluding hydrogens is 376 g/mol. The van der Waals surface area contributed by atoms with Crippen LogP contribution in [0.25, 0.3) is 11.1 Å². The number of rotatable bonds is 12. The molecule has 2 N–H and O–H groups in total. The van der Waals surface area contributed by atoms with Crippen LogP contribution in [0.15, 0.2) is 24.3 Å². The van der Waals surface area contributed by atoms with Crippen molar-refractivity contribution >= 4 is 0 Å². The van der Waals surface area contributed by atoms with E-state index in [4.69, 9.17) is 23.7 Å². The summed E-state index contributed by atoms with van der Waals surface area (Å²) in [5.41, 5.74) is 4.38. The highest BCUT2D eigenvalue weighted by Gasteiger charge is 2.15. The van der Waals surface area contributed by atoms with Gasteiger partial charge in [0, 0.05) is 50.7 Å². The van der Waals surface area contributed by atoms with Crippen LogP contribution in [0.2, 0.25) is 0 Å². The monoisotopic (exact) mass is 406 g/mol. The second-order valence-corrected chi connectivity index (χ2v) is 6.63. The van der Waals surface area contributed by atoms with Crippen molar-refractivity contribution in [3.05, 3.63) is 46.5 Å². The molecule has 0 atom stereocenters. The highest BCUT2D eigenvalue weighted by Crippen LogP contribution is 2.35. The standard InChI is InChI=1S/C22H30O7/c1-25-5-6-29-14-20-10-16(9-19(13-28-4)22(20)24)15-7-17(11-26-2)21(23)18(8-15)12-27-3/h7-10,23-24H,5-6,11-14H2,1-4H3. The average Bonchev–Trinajstić information content (AvgIpc) is 2.71. The maximum Gasteiger partial charge on any atom is 0.126 e. The molecule has 0 heterocycles. The molecule has 0 amide bonds. The topological polar surface area (TPSA) is 86.6 Å². The van der Waals surface area contributed by atoms with E-state index >= 15 is 0 Å². The molecule has 0 aromatic heterocycles. The van der Waals surface area contributed by atoms with Crippen LogP contribution in [0.1, 0.15) is 22.3 Å². The van der Waals surface area contributed by atoms with Crippen molar-refractivity contribution in [2.75, 3.05) is 41.7 Å². The minimum atomic E-state index is 0.154. The van der Waals surface area contributed by atoms with Crippen LogP contribution in [0.4, 0.5) is 0 Å². The van der Waals surface area contributed by atoms with Crippen LogP contribution in [0.5, 0.6) is 11.5 Å². The van der Waals surface area contributed by atoms with Gasteiger partial charge in [0.25, 0.3) is 0 Å². The lowest BCUT2D eigenvalue weighted by molar-refractivity contribution is 0.0607. The smallest absolute Gasteiger partial charge is 0.126 e. The third-order valence-electron chi connectivity index (χ3n) is 4.46. The lowest BCUT2D eigenvalue weighted by Gasteiger charge is -2.16. The van der Waals surface area contributed by atoms with Crippen LogP contribution in [-0.2, 0) is 50.1 Å². The predicted molar refractivity (Wildman–Crippen MR) is 109 cm³/mol. The van der Waals surface area contributed by atoms with E-state index in [0.29, 0.717) is 35.5 Å². The number of hydrogen-bond acceptors (Lipinski definition) is 7. The maximum atomic E-state index is 10.6. The van der Waals surface area contributed by atoms with Crippen molar-refractivity contribution in [2.45, 2.75) is 26.4 Å². The summed E-state index contributed by atoms with van der Waals surface area (Å²) >= 11 is 0. The number of phenols is 2. The minimum absolute atomic E-state index is 0.154. The van der Waals surface area contributed by atoms with E-state index in [1.54, 1.807) is 28.4 Å². The minimum Gasteiger partial charge on any atom is -0.507 e. The third kappa shape index (κ3) is 6.16. The van der Waals surface area contributed by atoms with Gasteiger partial charge in [-0.15, -0.1) is 0 Å². The van der Waals surface area contributed by atoms with Gasteiger partial charge in [0.05, 0.1) is 39.6 Å². The fourth-order valence-corrected chi connectivity index (χ4v) is 3.08. The second-order valence-electron chi connectivity index (χ2n) is 6.63. The summed E-state index contributed by atoms with van der Waals surface area (Å²) in [6.07, 6.45) is 0. The van der Waals surface area contributed by atoms with Gasteiger partial charge in [-0.05, 0) is 35.4 Å². The van der Waals surface area contributed by atoms with Crippen molar-refractivity contribution < 1.29 is 33.9 Å². The summed E-state index contributed by atoms with van der Waals surface area (Å²) in [6, 6.07) is 7.49.